The number of rotatable bonds is 7. The molecule has 0 aliphatic heterocycles. The molecular weight excluding hydrogens is 240 g/mol. The van der Waals surface area contributed by atoms with Crippen LogP contribution in [0.5, 0.6) is 0 Å². The van der Waals surface area contributed by atoms with Crippen LogP contribution < -0.4 is 0 Å². The van der Waals surface area contributed by atoms with E-state index in [1.165, 1.54) is 0 Å². The van der Waals surface area contributed by atoms with Crippen molar-refractivity contribution in [2.24, 2.45) is 5.41 Å². The van der Waals surface area contributed by atoms with Gasteiger partial charge in [-0.1, -0.05) is 6.92 Å². The predicted octanol–water partition coefficient (Wildman–Crippen LogP) is -0.627. The molecule has 0 unspecified atom stereocenters. The molecule has 0 aliphatic carbocycles. The van der Waals surface area contributed by atoms with Crippen LogP contribution in [0.15, 0.2) is 0 Å². The van der Waals surface area contributed by atoms with Gasteiger partial charge in [0, 0.05) is 18.6 Å². The average molecular weight is 270 g/mol. The van der Waals surface area contributed by atoms with E-state index in [-0.39, 0.29) is 33.0 Å². The Bertz CT molecular complexity index is 106. The molecule has 0 saturated carbocycles. The molecule has 0 aromatic rings. The summed E-state index contributed by atoms with van der Waals surface area (Å²) in [5.41, 5.74) is -0.667. The van der Waals surface area contributed by atoms with Gasteiger partial charge in [-0.2, -0.15) is 0 Å². The van der Waals surface area contributed by atoms with Crippen LogP contribution in [0.3, 0.4) is 0 Å². The summed E-state index contributed by atoms with van der Waals surface area (Å²) >= 11 is 0. The molecule has 0 aliphatic rings. The maximum atomic E-state index is 8.66. The maximum Gasteiger partial charge on any atom is 0.0662 e. The second kappa shape index (κ2) is 19.1. The standard InChI is InChI=1S/C6H14O3.C4H10O.C2H6O2/c1-2-6(3-7,4-8)5-9;1-3-5-4-2;3-1-2-4/h7-9H,2-5H2,1H3;3-4H2,1-2H3;3-4H,1-2H2. The molecule has 0 aromatic heterocycles. The maximum absolute atomic E-state index is 8.66. The Morgan fingerprint density at radius 3 is 1.06 bits per heavy atom. The zero-order chi connectivity index (χ0) is 14.9. The highest BCUT2D eigenvalue weighted by atomic mass is 16.5. The minimum Gasteiger partial charge on any atom is -0.396 e. The molecule has 0 spiro atoms. The summed E-state index contributed by atoms with van der Waals surface area (Å²) in [5, 5.41) is 41.2. The van der Waals surface area contributed by atoms with Crippen LogP contribution in [-0.2, 0) is 4.74 Å². The molecule has 0 rings (SSSR count). The molecule has 18 heavy (non-hydrogen) atoms. The van der Waals surface area contributed by atoms with E-state index < -0.39 is 5.41 Å². The van der Waals surface area contributed by atoms with Gasteiger partial charge in [0.25, 0.3) is 0 Å². The summed E-state index contributed by atoms with van der Waals surface area (Å²) in [6.45, 7) is 6.77. The van der Waals surface area contributed by atoms with Crippen molar-refractivity contribution < 1.29 is 30.3 Å². The third-order valence-corrected chi connectivity index (χ3v) is 2.26. The van der Waals surface area contributed by atoms with Crippen molar-refractivity contribution in [1.82, 2.24) is 0 Å². The van der Waals surface area contributed by atoms with Crippen molar-refractivity contribution in [3.05, 3.63) is 0 Å². The van der Waals surface area contributed by atoms with Crippen molar-refractivity contribution in [3.8, 4) is 0 Å². The Morgan fingerprint density at radius 2 is 1.06 bits per heavy atom. The Kier molecular flexibility index (Phi) is 24.3. The van der Waals surface area contributed by atoms with Gasteiger partial charge in [-0.25, -0.2) is 0 Å². The smallest absolute Gasteiger partial charge is 0.0662 e. The first-order valence-corrected chi connectivity index (χ1v) is 6.19. The van der Waals surface area contributed by atoms with E-state index in [1.54, 1.807) is 0 Å². The van der Waals surface area contributed by atoms with Gasteiger partial charge >= 0.3 is 0 Å². The summed E-state index contributed by atoms with van der Waals surface area (Å²) in [6.07, 6.45) is 0.594. The quantitative estimate of drug-likeness (QED) is 0.421. The summed E-state index contributed by atoms with van der Waals surface area (Å²) in [6, 6.07) is 0. The zero-order valence-corrected chi connectivity index (χ0v) is 11.8. The van der Waals surface area contributed by atoms with Crippen molar-refractivity contribution >= 4 is 0 Å². The highest BCUT2D eigenvalue weighted by Gasteiger charge is 2.24. The van der Waals surface area contributed by atoms with Gasteiger partial charge in [0.2, 0.25) is 0 Å². The lowest BCUT2D eigenvalue weighted by atomic mass is 9.88. The fourth-order valence-corrected chi connectivity index (χ4v) is 0.690. The van der Waals surface area contributed by atoms with Crippen LogP contribution in [0.25, 0.3) is 0 Å². The van der Waals surface area contributed by atoms with Crippen LogP contribution in [-0.4, -0.2) is 71.8 Å². The monoisotopic (exact) mass is 270 g/mol. The first-order valence-electron chi connectivity index (χ1n) is 6.19. The fourth-order valence-electron chi connectivity index (χ4n) is 0.690. The van der Waals surface area contributed by atoms with Gasteiger partial charge in [-0.3, -0.25) is 0 Å². The average Bonchev–Trinajstić information content (AvgIpc) is 2.44. The molecule has 6 heteroatoms. The molecular formula is C12H30O6. The fraction of sp³-hybridized carbons (Fsp3) is 1.00. The molecule has 0 saturated heterocycles. The van der Waals surface area contributed by atoms with Crippen LogP contribution in [0, 0.1) is 5.41 Å². The SMILES string of the molecule is CCC(CO)(CO)CO.CCOCC.OCCO. The lowest BCUT2D eigenvalue weighted by molar-refractivity contribution is 0.00304. The molecule has 6 nitrogen and oxygen atoms in total. The largest absolute Gasteiger partial charge is 0.396 e. The number of aliphatic hydroxyl groups is 5. The number of hydrogen-bond acceptors (Lipinski definition) is 6. The Balaban J connectivity index is -0.000000212. The second-order valence-corrected chi connectivity index (χ2v) is 3.56. The normalized spacial score (nSPS) is 10.0. The first kappa shape index (κ1) is 22.9. The van der Waals surface area contributed by atoms with Gasteiger partial charge in [-0.15, -0.1) is 0 Å². The van der Waals surface area contributed by atoms with E-state index in [0.29, 0.717) is 6.42 Å². The molecule has 0 fully saturated rings. The highest BCUT2D eigenvalue weighted by molar-refractivity contribution is 4.74. The third-order valence-electron chi connectivity index (χ3n) is 2.26. The summed E-state index contributed by atoms with van der Waals surface area (Å²) in [5.74, 6) is 0. The molecule has 5 N–H and O–H groups in total. The van der Waals surface area contributed by atoms with Crippen molar-refractivity contribution in [1.29, 1.82) is 0 Å². The minimum absolute atomic E-state index is 0.125. The van der Waals surface area contributed by atoms with Gasteiger partial charge in [0.15, 0.2) is 0 Å². The lowest BCUT2D eigenvalue weighted by Gasteiger charge is -2.24. The first-order chi connectivity index (χ1) is 8.57. The predicted molar refractivity (Wildman–Crippen MR) is 70.3 cm³/mol. The van der Waals surface area contributed by atoms with Crippen LogP contribution in [0.1, 0.15) is 27.2 Å². The number of aliphatic hydroxyl groups excluding tert-OH is 5. The second-order valence-electron chi connectivity index (χ2n) is 3.56. The summed E-state index contributed by atoms with van der Waals surface area (Å²) < 4.78 is 4.83. The van der Waals surface area contributed by atoms with Crippen molar-refractivity contribution in [3.63, 3.8) is 0 Å². The van der Waals surface area contributed by atoms with Gasteiger partial charge in [0.1, 0.15) is 0 Å². The number of ether oxygens (including phenoxy) is 1. The van der Waals surface area contributed by atoms with Crippen LogP contribution in [0.4, 0.5) is 0 Å². The molecule has 0 atom stereocenters. The van der Waals surface area contributed by atoms with Crippen molar-refractivity contribution in [2.45, 2.75) is 27.2 Å². The minimum atomic E-state index is -0.667. The summed E-state index contributed by atoms with van der Waals surface area (Å²) in [7, 11) is 0. The lowest BCUT2D eigenvalue weighted by Crippen LogP contribution is -2.32. The van der Waals surface area contributed by atoms with E-state index in [1.807, 2.05) is 20.8 Å². The Labute approximate surface area is 110 Å². The van der Waals surface area contributed by atoms with E-state index >= 15 is 0 Å². The topological polar surface area (TPSA) is 110 Å². The van der Waals surface area contributed by atoms with Gasteiger partial charge < -0.3 is 30.3 Å². The molecule has 0 heterocycles. The Hall–Kier alpha value is -0.240. The molecule has 0 radical (unpaired) electrons. The van der Waals surface area contributed by atoms with E-state index in [4.69, 9.17) is 30.3 Å². The molecule has 0 aromatic carbocycles. The van der Waals surface area contributed by atoms with Gasteiger partial charge in [0.05, 0.1) is 33.0 Å². The molecule has 114 valence electrons. The zero-order valence-electron chi connectivity index (χ0n) is 11.8. The van der Waals surface area contributed by atoms with E-state index in [0.717, 1.165) is 13.2 Å². The summed E-state index contributed by atoms with van der Waals surface area (Å²) in [4.78, 5) is 0. The van der Waals surface area contributed by atoms with Crippen molar-refractivity contribution in [2.75, 3.05) is 46.2 Å². The van der Waals surface area contributed by atoms with Crippen LogP contribution >= 0.6 is 0 Å². The van der Waals surface area contributed by atoms with Gasteiger partial charge in [-0.05, 0) is 20.3 Å². The number of hydrogen-bond donors (Lipinski definition) is 5. The molecule has 0 bridgehead atoms. The van der Waals surface area contributed by atoms with Crippen LogP contribution in [0.2, 0.25) is 0 Å². The molecule has 0 amide bonds. The third kappa shape index (κ3) is 15.8. The van der Waals surface area contributed by atoms with E-state index in [2.05, 4.69) is 0 Å². The highest BCUT2D eigenvalue weighted by Crippen LogP contribution is 2.18. The Morgan fingerprint density at radius 1 is 0.722 bits per heavy atom. The van der Waals surface area contributed by atoms with E-state index in [9.17, 15) is 0 Å².